The maximum atomic E-state index is 6.07. The number of nitrogens with two attached hydrogens (primary N) is 1. The van der Waals surface area contributed by atoms with E-state index in [1.165, 1.54) is 0 Å². The second kappa shape index (κ2) is 5.90. The molecule has 0 aliphatic rings. The van der Waals surface area contributed by atoms with Crippen molar-refractivity contribution < 1.29 is 4.74 Å². The molecule has 90 valence electrons. The van der Waals surface area contributed by atoms with Gasteiger partial charge >= 0.3 is 0 Å². The number of para-hydroxylation sites is 1. The topological polar surface area (TPSA) is 35.2 Å². The van der Waals surface area contributed by atoms with Crippen LogP contribution in [0.15, 0.2) is 24.3 Å². The molecule has 1 rings (SSSR count). The molecule has 0 fully saturated rings. The highest BCUT2D eigenvalue weighted by atomic mass is 16.5. The van der Waals surface area contributed by atoms with Crippen molar-refractivity contribution in [3.63, 3.8) is 0 Å². The van der Waals surface area contributed by atoms with Crippen LogP contribution in [0.1, 0.15) is 45.7 Å². The van der Waals surface area contributed by atoms with Crippen molar-refractivity contribution in [2.45, 2.75) is 46.3 Å². The Morgan fingerprint density at radius 2 is 1.81 bits per heavy atom. The van der Waals surface area contributed by atoms with Crippen molar-refractivity contribution in [1.82, 2.24) is 0 Å². The first-order valence-electron chi connectivity index (χ1n) is 6.07. The van der Waals surface area contributed by atoms with E-state index in [2.05, 4.69) is 33.8 Å². The van der Waals surface area contributed by atoms with Gasteiger partial charge in [-0.1, -0.05) is 39.0 Å². The summed E-state index contributed by atoms with van der Waals surface area (Å²) in [7, 11) is 0. The molecule has 0 saturated heterocycles. The molecule has 0 heterocycles. The average Bonchev–Trinajstić information content (AvgIpc) is 2.28. The molecule has 0 spiro atoms. The van der Waals surface area contributed by atoms with Crippen LogP contribution in [0.5, 0.6) is 5.75 Å². The number of benzene rings is 1. The van der Waals surface area contributed by atoms with Gasteiger partial charge in [-0.25, -0.2) is 0 Å². The summed E-state index contributed by atoms with van der Waals surface area (Å²) in [5.41, 5.74) is 7.18. The minimum Gasteiger partial charge on any atom is -0.490 e. The van der Waals surface area contributed by atoms with Gasteiger partial charge in [0.15, 0.2) is 0 Å². The lowest BCUT2D eigenvalue weighted by molar-refractivity contribution is 0.168. The van der Waals surface area contributed by atoms with Gasteiger partial charge in [0.05, 0.1) is 6.10 Å². The van der Waals surface area contributed by atoms with Crippen molar-refractivity contribution >= 4 is 0 Å². The summed E-state index contributed by atoms with van der Waals surface area (Å²) in [5.74, 6) is 1.43. The SMILES string of the molecule is CC[C@@H](N)c1ccccc1OC(C)C(C)C. The van der Waals surface area contributed by atoms with Crippen LogP contribution in [0, 0.1) is 5.92 Å². The Labute approximate surface area is 98.8 Å². The van der Waals surface area contributed by atoms with E-state index in [0.717, 1.165) is 17.7 Å². The Morgan fingerprint density at radius 3 is 2.38 bits per heavy atom. The van der Waals surface area contributed by atoms with Crippen LogP contribution in [0.4, 0.5) is 0 Å². The standard InChI is InChI=1S/C14H23NO/c1-5-13(15)12-8-6-7-9-14(12)16-11(4)10(2)3/h6-11,13H,5,15H2,1-4H3/t11?,13-/m1/s1. The summed E-state index contributed by atoms with van der Waals surface area (Å²) >= 11 is 0. The predicted octanol–water partition coefficient (Wildman–Crippen LogP) is 3.52. The van der Waals surface area contributed by atoms with Gasteiger partial charge in [-0.2, -0.15) is 0 Å². The molecule has 0 aromatic heterocycles. The zero-order valence-electron chi connectivity index (χ0n) is 10.7. The van der Waals surface area contributed by atoms with E-state index in [9.17, 15) is 0 Å². The fraction of sp³-hybridized carbons (Fsp3) is 0.571. The zero-order chi connectivity index (χ0) is 12.1. The molecule has 16 heavy (non-hydrogen) atoms. The molecule has 0 bridgehead atoms. The van der Waals surface area contributed by atoms with Gasteiger partial charge < -0.3 is 10.5 Å². The number of rotatable bonds is 5. The Balaban J connectivity index is 2.86. The van der Waals surface area contributed by atoms with Gasteiger partial charge in [0.25, 0.3) is 0 Å². The van der Waals surface area contributed by atoms with Crippen molar-refractivity contribution in [3.05, 3.63) is 29.8 Å². The summed E-state index contributed by atoms with van der Waals surface area (Å²) in [5, 5.41) is 0. The van der Waals surface area contributed by atoms with Crippen molar-refractivity contribution in [3.8, 4) is 5.75 Å². The highest BCUT2D eigenvalue weighted by Crippen LogP contribution is 2.27. The van der Waals surface area contributed by atoms with Gasteiger partial charge in [0.1, 0.15) is 5.75 Å². The molecule has 0 aliphatic heterocycles. The van der Waals surface area contributed by atoms with E-state index in [1.54, 1.807) is 0 Å². The lowest BCUT2D eigenvalue weighted by atomic mass is 10.0. The van der Waals surface area contributed by atoms with Crippen LogP contribution in [0.2, 0.25) is 0 Å². The lowest BCUT2D eigenvalue weighted by Gasteiger charge is -2.22. The van der Waals surface area contributed by atoms with Gasteiger partial charge in [-0.3, -0.25) is 0 Å². The predicted molar refractivity (Wildman–Crippen MR) is 68.6 cm³/mol. The van der Waals surface area contributed by atoms with Crippen LogP contribution >= 0.6 is 0 Å². The second-order valence-electron chi connectivity index (χ2n) is 4.62. The molecule has 1 unspecified atom stereocenters. The van der Waals surface area contributed by atoms with E-state index in [4.69, 9.17) is 10.5 Å². The number of ether oxygens (including phenoxy) is 1. The first-order chi connectivity index (χ1) is 7.56. The van der Waals surface area contributed by atoms with Crippen LogP contribution in [-0.4, -0.2) is 6.10 Å². The smallest absolute Gasteiger partial charge is 0.124 e. The summed E-state index contributed by atoms with van der Waals surface area (Å²) in [6.07, 6.45) is 1.14. The van der Waals surface area contributed by atoms with Crippen molar-refractivity contribution in [2.24, 2.45) is 11.7 Å². The van der Waals surface area contributed by atoms with E-state index in [0.29, 0.717) is 5.92 Å². The van der Waals surface area contributed by atoms with Gasteiger partial charge in [0, 0.05) is 11.6 Å². The molecule has 0 radical (unpaired) electrons. The van der Waals surface area contributed by atoms with Gasteiger partial charge in [-0.05, 0) is 25.3 Å². The molecule has 1 aromatic rings. The van der Waals surface area contributed by atoms with Crippen LogP contribution in [-0.2, 0) is 0 Å². The van der Waals surface area contributed by atoms with E-state index in [1.807, 2.05) is 18.2 Å². The zero-order valence-corrected chi connectivity index (χ0v) is 10.7. The lowest BCUT2D eigenvalue weighted by Crippen LogP contribution is -2.20. The molecule has 1 aromatic carbocycles. The molecule has 2 heteroatoms. The molecule has 2 N–H and O–H groups in total. The molecular weight excluding hydrogens is 198 g/mol. The first kappa shape index (κ1) is 13.0. The van der Waals surface area contributed by atoms with E-state index >= 15 is 0 Å². The van der Waals surface area contributed by atoms with Crippen molar-refractivity contribution in [2.75, 3.05) is 0 Å². The third kappa shape index (κ3) is 3.24. The quantitative estimate of drug-likeness (QED) is 0.825. The Kier molecular flexibility index (Phi) is 4.81. The average molecular weight is 221 g/mol. The molecule has 0 saturated carbocycles. The second-order valence-corrected chi connectivity index (χ2v) is 4.62. The molecule has 2 atom stereocenters. The summed E-state index contributed by atoms with van der Waals surface area (Å²) < 4.78 is 5.95. The fourth-order valence-electron chi connectivity index (χ4n) is 1.45. The third-order valence-corrected chi connectivity index (χ3v) is 3.01. The fourth-order valence-corrected chi connectivity index (χ4v) is 1.45. The summed E-state index contributed by atoms with van der Waals surface area (Å²) in [6, 6.07) is 8.13. The highest BCUT2D eigenvalue weighted by Gasteiger charge is 2.14. The minimum absolute atomic E-state index is 0.0653. The van der Waals surface area contributed by atoms with Crippen LogP contribution in [0.3, 0.4) is 0 Å². The molecule has 2 nitrogen and oxygen atoms in total. The largest absolute Gasteiger partial charge is 0.490 e. The maximum absolute atomic E-state index is 6.07. The third-order valence-electron chi connectivity index (χ3n) is 3.01. The normalized spacial score (nSPS) is 14.9. The van der Waals surface area contributed by atoms with Crippen LogP contribution in [0.25, 0.3) is 0 Å². The molecule has 0 amide bonds. The summed E-state index contributed by atoms with van der Waals surface area (Å²) in [4.78, 5) is 0. The van der Waals surface area contributed by atoms with E-state index < -0.39 is 0 Å². The monoisotopic (exact) mass is 221 g/mol. The summed E-state index contributed by atoms with van der Waals surface area (Å²) in [6.45, 7) is 8.51. The Hall–Kier alpha value is -1.02. The van der Waals surface area contributed by atoms with Crippen LogP contribution < -0.4 is 10.5 Å². The molecule has 0 aliphatic carbocycles. The number of hydrogen-bond acceptors (Lipinski definition) is 2. The van der Waals surface area contributed by atoms with E-state index in [-0.39, 0.29) is 12.1 Å². The van der Waals surface area contributed by atoms with Gasteiger partial charge in [-0.15, -0.1) is 0 Å². The van der Waals surface area contributed by atoms with Crippen molar-refractivity contribution in [1.29, 1.82) is 0 Å². The first-order valence-corrected chi connectivity index (χ1v) is 6.07. The number of hydrogen-bond donors (Lipinski definition) is 1. The molecular formula is C14H23NO. The minimum atomic E-state index is 0.0653. The van der Waals surface area contributed by atoms with Gasteiger partial charge in [0.2, 0.25) is 0 Å². The maximum Gasteiger partial charge on any atom is 0.124 e. The highest BCUT2D eigenvalue weighted by molar-refractivity contribution is 5.35. The Bertz CT molecular complexity index is 322. The Morgan fingerprint density at radius 1 is 1.19 bits per heavy atom.